The lowest BCUT2D eigenvalue weighted by Gasteiger charge is -2.19. The normalized spacial score (nSPS) is 29.3. The maximum atomic E-state index is 11.7. The molecule has 166 valence electrons. The molecule has 1 amide bonds. The highest BCUT2D eigenvalue weighted by atomic mass is 31.3. The van der Waals surface area contributed by atoms with E-state index in [4.69, 9.17) is 25.2 Å². The minimum atomic E-state index is -5.71. The molecule has 0 bridgehead atoms. The molecule has 6 atom stereocenters. The van der Waals surface area contributed by atoms with Crippen LogP contribution in [0.25, 0.3) is 0 Å². The molecule has 0 spiro atoms. The summed E-state index contributed by atoms with van der Waals surface area (Å²) in [5, 5.41) is 27.1. The van der Waals surface area contributed by atoms with Gasteiger partial charge >= 0.3 is 23.5 Å². The van der Waals surface area contributed by atoms with Crippen molar-refractivity contribution in [3.8, 4) is 0 Å². The monoisotopic (exact) mass is 484 g/mol. The third-order valence-corrected chi connectivity index (χ3v) is 6.95. The second kappa shape index (κ2) is 8.56. The molecule has 1 saturated heterocycles. The molecule has 2 unspecified atom stereocenters. The van der Waals surface area contributed by atoms with Crippen LogP contribution in [-0.4, -0.2) is 75.6 Å². The van der Waals surface area contributed by atoms with Crippen LogP contribution in [0.15, 0.2) is 6.20 Å². The Balaban J connectivity index is 2.01. The highest BCUT2D eigenvalue weighted by Gasteiger charge is 2.47. The molecule has 29 heavy (non-hydrogen) atoms. The molecule has 1 aromatic rings. The fraction of sp³-hybridized carbons (Fsp3) is 0.625. The summed E-state index contributed by atoms with van der Waals surface area (Å²) in [4.78, 5) is 47.0. The van der Waals surface area contributed by atoms with Crippen molar-refractivity contribution in [2.45, 2.75) is 24.5 Å². The van der Waals surface area contributed by atoms with E-state index in [1.54, 1.807) is 0 Å². The van der Waals surface area contributed by atoms with Crippen molar-refractivity contribution in [3.05, 3.63) is 11.9 Å². The van der Waals surface area contributed by atoms with E-state index < -0.39 is 60.5 Å². The molecule has 0 saturated carbocycles. The van der Waals surface area contributed by atoms with E-state index in [0.717, 1.165) is 6.20 Å². The molecule has 2 rings (SSSR count). The summed E-state index contributed by atoms with van der Waals surface area (Å²) in [6, 6.07) is 0. The lowest BCUT2D eigenvalue weighted by atomic mass is 10.1. The van der Waals surface area contributed by atoms with Crippen LogP contribution in [0.4, 0.5) is 0 Å². The number of amides is 1. The van der Waals surface area contributed by atoms with E-state index >= 15 is 0 Å². The number of carbonyl (C=O) groups is 1. The predicted molar refractivity (Wildman–Crippen MR) is 84.3 cm³/mol. The van der Waals surface area contributed by atoms with Gasteiger partial charge in [-0.1, -0.05) is 0 Å². The first-order valence-corrected chi connectivity index (χ1v) is 11.6. The molecule has 1 aromatic heterocycles. The zero-order valence-electron chi connectivity index (χ0n) is 13.8. The summed E-state index contributed by atoms with van der Waals surface area (Å²) in [7, 11) is -16.7. The van der Waals surface area contributed by atoms with Crippen LogP contribution in [-0.2, 0) is 31.6 Å². The van der Waals surface area contributed by atoms with Gasteiger partial charge < -0.3 is 40.3 Å². The van der Waals surface area contributed by atoms with Gasteiger partial charge in [-0.25, -0.2) is 13.7 Å². The van der Waals surface area contributed by atoms with E-state index in [1.807, 2.05) is 0 Å². The van der Waals surface area contributed by atoms with Gasteiger partial charge in [0.1, 0.15) is 18.3 Å². The fourth-order valence-electron chi connectivity index (χ4n) is 2.04. The summed E-state index contributed by atoms with van der Waals surface area (Å²) in [6.07, 6.45) is -5.48. The predicted octanol–water partition coefficient (Wildman–Crippen LogP) is -2.66. The Bertz CT molecular complexity index is 899. The van der Waals surface area contributed by atoms with E-state index in [1.165, 1.54) is 0 Å². The van der Waals surface area contributed by atoms with Crippen molar-refractivity contribution in [2.24, 2.45) is 5.73 Å². The smallest absolute Gasteiger partial charge is 0.387 e. The molecular weight excluding hydrogens is 469 g/mol. The van der Waals surface area contributed by atoms with Gasteiger partial charge in [-0.3, -0.25) is 9.32 Å². The van der Waals surface area contributed by atoms with Crippen molar-refractivity contribution in [1.29, 1.82) is 0 Å². The Morgan fingerprint density at radius 3 is 2.28 bits per heavy atom. The van der Waals surface area contributed by atoms with Gasteiger partial charge in [-0.15, -0.1) is 5.10 Å². The number of phosphoric acid groups is 3. The molecule has 1 aliphatic rings. The Labute approximate surface area is 160 Å². The molecule has 21 heteroatoms. The average Bonchev–Trinajstić information content (AvgIpc) is 3.09. The van der Waals surface area contributed by atoms with Gasteiger partial charge in [-0.2, -0.15) is 18.5 Å². The van der Waals surface area contributed by atoms with Gasteiger partial charge in [0.2, 0.25) is 0 Å². The van der Waals surface area contributed by atoms with Crippen LogP contribution in [0.3, 0.4) is 0 Å². The molecule has 0 aromatic carbocycles. The molecule has 0 radical (unpaired) electrons. The summed E-state index contributed by atoms with van der Waals surface area (Å²) in [5.74, 6) is -0.937. The van der Waals surface area contributed by atoms with Crippen LogP contribution >= 0.6 is 23.5 Å². The topological polar surface area (TPSA) is 283 Å². The van der Waals surface area contributed by atoms with Crippen LogP contribution in [0.5, 0.6) is 0 Å². The maximum absolute atomic E-state index is 11.7. The number of primary amides is 1. The van der Waals surface area contributed by atoms with Crippen molar-refractivity contribution < 1.29 is 66.2 Å². The highest BCUT2D eigenvalue weighted by Crippen LogP contribution is 2.66. The summed E-state index contributed by atoms with van der Waals surface area (Å²) >= 11 is 0. The third-order valence-electron chi connectivity index (χ3n) is 3.14. The van der Waals surface area contributed by atoms with Crippen LogP contribution in [0, 0.1) is 0 Å². The van der Waals surface area contributed by atoms with E-state index in [9.17, 15) is 33.6 Å². The quantitative estimate of drug-likeness (QED) is 0.176. The minimum absolute atomic E-state index is 0.285. The molecule has 0 aliphatic carbocycles. The number of carbonyl (C=O) groups excluding carboxylic acids is 1. The van der Waals surface area contributed by atoms with Crippen LogP contribution < -0.4 is 5.73 Å². The number of hydrogen-bond donors (Lipinski definition) is 7. The number of hydrogen-bond acceptors (Lipinski definition) is 12. The second-order valence-electron chi connectivity index (χ2n) is 5.35. The second-order valence-corrected chi connectivity index (χ2v) is 9.77. The van der Waals surface area contributed by atoms with Gasteiger partial charge in [0.25, 0.3) is 5.91 Å². The molecule has 1 fully saturated rings. The number of ether oxygens (including phenoxy) is 1. The first kappa shape index (κ1) is 24.2. The summed E-state index contributed by atoms with van der Waals surface area (Å²) in [6.45, 7) is -1.01. The van der Waals surface area contributed by atoms with E-state index in [0.29, 0.717) is 4.80 Å². The number of aliphatic hydroxyl groups excluding tert-OH is 2. The molecule has 2 heterocycles. The number of aromatic nitrogens is 3. The zero-order chi connectivity index (χ0) is 22.2. The number of nitrogens with zero attached hydrogens (tertiary/aromatic N) is 3. The minimum Gasteiger partial charge on any atom is -0.387 e. The SMILES string of the molecule is NC(=O)c1cnn([C@@H]2O[C@H](COP(=O)(O)OP(=O)(O)OP(=O)(O)O)[C@@H](O)[C@H]2O)n1. The molecule has 18 nitrogen and oxygen atoms in total. The Hall–Kier alpha value is -1.10. The molecule has 1 aliphatic heterocycles. The average molecular weight is 484 g/mol. The highest BCUT2D eigenvalue weighted by molar-refractivity contribution is 7.66. The maximum Gasteiger partial charge on any atom is 0.490 e. The lowest BCUT2D eigenvalue weighted by molar-refractivity contribution is -0.0648. The fourth-order valence-corrected chi connectivity index (χ4v) is 5.07. The van der Waals surface area contributed by atoms with Gasteiger partial charge in [0.05, 0.1) is 12.8 Å². The Kier molecular flexibility index (Phi) is 7.14. The van der Waals surface area contributed by atoms with Gasteiger partial charge in [-0.05, 0) is 0 Å². The molecular formula is C8H15N4O14P3. The number of nitrogens with two attached hydrogens (primary N) is 1. The van der Waals surface area contributed by atoms with Crippen molar-refractivity contribution >= 4 is 29.4 Å². The van der Waals surface area contributed by atoms with E-state index in [-0.39, 0.29) is 5.69 Å². The first-order chi connectivity index (χ1) is 13.1. The van der Waals surface area contributed by atoms with Crippen molar-refractivity contribution in [2.75, 3.05) is 6.61 Å². The van der Waals surface area contributed by atoms with E-state index in [2.05, 4.69) is 23.3 Å². The number of aliphatic hydroxyl groups is 2. The number of rotatable bonds is 9. The first-order valence-electron chi connectivity index (χ1n) is 7.12. The Morgan fingerprint density at radius 1 is 1.14 bits per heavy atom. The van der Waals surface area contributed by atoms with Crippen LogP contribution in [0.2, 0.25) is 0 Å². The third kappa shape index (κ3) is 6.70. The van der Waals surface area contributed by atoms with Gasteiger partial charge in [0, 0.05) is 0 Å². The van der Waals surface area contributed by atoms with Crippen molar-refractivity contribution in [3.63, 3.8) is 0 Å². The largest absolute Gasteiger partial charge is 0.490 e. The standard InChI is InChI=1S/C8H15N4O14P3/c9-7(15)3-1-10-12(11-3)8-6(14)5(13)4(24-8)2-23-28(19,20)26-29(21,22)25-27(16,17)18/h1,4-6,8,13-14H,2H2,(H2,9,15)(H,19,20)(H,21,22)(H2,16,17,18)/t4-,5-,6-,8-/m1/s1. The number of phosphoric ester groups is 1. The van der Waals surface area contributed by atoms with Crippen molar-refractivity contribution in [1.82, 2.24) is 15.0 Å². The summed E-state index contributed by atoms with van der Waals surface area (Å²) in [5.41, 5.74) is 4.71. The lowest BCUT2D eigenvalue weighted by Crippen LogP contribution is -2.34. The molecule has 8 N–H and O–H groups in total. The zero-order valence-corrected chi connectivity index (χ0v) is 16.5. The van der Waals surface area contributed by atoms with Gasteiger partial charge in [0.15, 0.2) is 11.9 Å². The summed E-state index contributed by atoms with van der Waals surface area (Å²) < 4.78 is 49.9. The Morgan fingerprint density at radius 2 is 1.76 bits per heavy atom. The van der Waals surface area contributed by atoms with Crippen LogP contribution in [0.1, 0.15) is 16.7 Å².